The number of ether oxygens (including phenoxy) is 2. The first-order chi connectivity index (χ1) is 28.5. The summed E-state index contributed by atoms with van der Waals surface area (Å²) in [6.45, 7) is 4.19. The summed E-state index contributed by atoms with van der Waals surface area (Å²) in [4.78, 5) is 23.1. The third-order valence-corrected chi connectivity index (χ3v) is 11.7. The molecule has 1 aliphatic carbocycles. The van der Waals surface area contributed by atoms with Crippen LogP contribution in [0.1, 0.15) is 187 Å². The molecule has 1 aliphatic rings. The van der Waals surface area contributed by atoms with Crippen molar-refractivity contribution in [1.29, 1.82) is 0 Å². The second-order valence-corrected chi connectivity index (χ2v) is 17.7. The minimum absolute atomic E-state index is 0.0814. The number of hydrogen-bond donors (Lipinski definition) is 6. The van der Waals surface area contributed by atoms with Crippen molar-refractivity contribution in [2.24, 2.45) is 0 Å². The largest absolute Gasteiger partial charge is 0.472 e. The lowest BCUT2D eigenvalue weighted by Gasteiger charge is -2.41. The fourth-order valence-electron chi connectivity index (χ4n) is 6.97. The van der Waals surface area contributed by atoms with Crippen molar-refractivity contribution in [2.75, 3.05) is 19.8 Å². The van der Waals surface area contributed by atoms with Crippen LogP contribution >= 0.6 is 7.82 Å². The fraction of sp³-hybridized carbons (Fsp3) is 0.848. The number of rotatable bonds is 39. The zero-order chi connectivity index (χ0) is 43.4. The molecule has 0 bridgehead atoms. The zero-order valence-electron chi connectivity index (χ0n) is 36.8. The van der Waals surface area contributed by atoms with Crippen LogP contribution in [0.4, 0.5) is 0 Å². The topological polar surface area (TPSA) is 192 Å². The summed E-state index contributed by atoms with van der Waals surface area (Å²) in [5.74, 6) is -0.488. The Balaban J connectivity index is 2.36. The number of allylic oxidation sites excluding steroid dienone is 6. The second-order valence-electron chi connectivity index (χ2n) is 16.2. The predicted octanol–water partition coefficient (Wildman–Crippen LogP) is 9.48. The average molecular weight is 861 g/mol. The van der Waals surface area contributed by atoms with Gasteiger partial charge in [-0.15, -0.1) is 0 Å². The molecular weight excluding hydrogens is 775 g/mol. The van der Waals surface area contributed by atoms with Crippen molar-refractivity contribution in [3.63, 3.8) is 0 Å². The van der Waals surface area contributed by atoms with Crippen LogP contribution in [0.15, 0.2) is 36.5 Å². The molecule has 0 saturated heterocycles. The Bertz CT molecular complexity index is 1120. The summed E-state index contributed by atoms with van der Waals surface area (Å²) in [5, 5.41) is 50.1. The minimum Gasteiger partial charge on any atom is -0.457 e. The van der Waals surface area contributed by atoms with Gasteiger partial charge in [-0.1, -0.05) is 147 Å². The van der Waals surface area contributed by atoms with E-state index in [9.17, 15) is 39.8 Å². The quantitative estimate of drug-likeness (QED) is 0.0149. The van der Waals surface area contributed by atoms with E-state index in [4.69, 9.17) is 18.5 Å². The Morgan fingerprint density at radius 3 is 1.44 bits per heavy atom. The monoisotopic (exact) mass is 861 g/mol. The Morgan fingerprint density at radius 1 is 0.542 bits per heavy atom. The molecule has 0 radical (unpaired) electrons. The molecule has 6 unspecified atom stereocenters. The highest BCUT2D eigenvalue weighted by molar-refractivity contribution is 7.47. The molecule has 0 heterocycles. The van der Waals surface area contributed by atoms with Gasteiger partial charge in [0.15, 0.2) is 0 Å². The Kier molecular flexibility index (Phi) is 35.0. The van der Waals surface area contributed by atoms with Crippen molar-refractivity contribution >= 4 is 13.8 Å². The Hall–Kier alpha value is -1.44. The number of phosphoric acid groups is 1. The minimum atomic E-state index is -5.02. The molecule has 0 spiro atoms. The van der Waals surface area contributed by atoms with Crippen molar-refractivity contribution in [3.8, 4) is 0 Å². The zero-order valence-corrected chi connectivity index (χ0v) is 37.7. The third kappa shape index (κ3) is 29.5. The number of hydrogen-bond acceptors (Lipinski definition) is 11. The number of unbranched alkanes of at least 4 members (excludes halogenated alkanes) is 21. The molecule has 6 N–H and O–H groups in total. The predicted molar refractivity (Wildman–Crippen MR) is 235 cm³/mol. The SMILES string of the molecule is CCCCC/C=C\C/C=C\CCCCCCCCCCCCOCC(COP(=O)(O)OC1C(O)C(O)C(O)C(O)C1O)OC(=O)CCCCCCC/C=C\CCCCC. The highest BCUT2D eigenvalue weighted by Gasteiger charge is 2.51. The molecule has 0 aromatic rings. The summed E-state index contributed by atoms with van der Waals surface area (Å²) in [7, 11) is -5.02. The second kappa shape index (κ2) is 37.1. The molecule has 1 saturated carbocycles. The molecule has 1 fully saturated rings. The third-order valence-electron chi connectivity index (χ3n) is 10.7. The van der Waals surface area contributed by atoms with Gasteiger partial charge in [0, 0.05) is 13.0 Å². The lowest BCUT2D eigenvalue weighted by molar-refractivity contribution is -0.220. The van der Waals surface area contributed by atoms with E-state index >= 15 is 0 Å². The van der Waals surface area contributed by atoms with Crippen LogP contribution in [-0.2, 0) is 27.9 Å². The lowest BCUT2D eigenvalue weighted by Crippen LogP contribution is -2.64. The molecule has 346 valence electrons. The summed E-state index contributed by atoms with van der Waals surface area (Å²) in [6.07, 6.45) is 30.7. The van der Waals surface area contributed by atoms with Gasteiger partial charge in [0.1, 0.15) is 42.7 Å². The smallest absolute Gasteiger partial charge is 0.457 e. The number of phosphoric ester groups is 1. The van der Waals surface area contributed by atoms with Crippen LogP contribution in [0.3, 0.4) is 0 Å². The van der Waals surface area contributed by atoms with Crippen LogP contribution in [0.25, 0.3) is 0 Å². The van der Waals surface area contributed by atoms with Gasteiger partial charge in [0.2, 0.25) is 0 Å². The van der Waals surface area contributed by atoms with E-state index in [0.717, 1.165) is 70.6 Å². The molecule has 0 aromatic heterocycles. The molecule has 1 rings (SSSR count). The van der Waals surface area contributed by atoms with E-state index in [0.29, 0.717) is 13.0 Å². The molecule has 0 aromatic carbocycles. The Labute approximate surface area is 357 Å². The summed E-state index contributed by atoms with van der Waals surface area (Å²) in [6, 6.07) is 0. The van der Waals surface area contributed by atoms with Gasteiger partial charge < -0.3 is 39.9 Å². The van der Waals surface area contributed by atoms with Gasteiger partial charge in [-0.2, -0.15) is 0 Å². The van der Waals surface area contributed by atoms with Crippen molar-refractivity contribution < 1.29 is 58.3 Å². The maximum Gasteiger partial charge on any atom is 0.472 e. The molecule has 0 amide bonds. The number of carbonyl (C=O) groups excluding carboxylic acids is 1. The first-order valence-electron chi connectivity index (χ1n) is 23.3. The lowest BCUT2D eigenvalue weighted by atomic mass is 9.85. The number of esters is 1. The normalized spacial score (nSPS) is 22.8. The van der Waals surface area contributed by atoms with Crippen LogP contribution in [0, 0.1) is 0 Å². The molecular formula is C46H85O12P. The van der Waals surface area contributed by atoms with Crippen molar-refractivity contribution in [1.82, 2.24) is 0 Å². The van der Waals surface area contributed by atoms with E-state index in [1.54, 1.807) is 0 Å². The Morgan fingerprint density at radius 2 is 0.949 bits per heavy atom. The maximum atomic E-state index is 12.8. The van der Waals surface area contributed by atoms with Crippen LogP contribution in [0.2, 0.25) is 0 Å². The fourth-order valence-corrected chi connectivity index (χ4v) is 7.94. The summed E-state index contributed by atoms with van der Waals surface area (Å²) in [5.41, 5.74) is 0. The van der Waals surface area contributed by atoms with Gasteiger partial charge in [-0.05, 0) is 70.6 Å². The number of aliphatic hydroxyl groups is 5. The average Bonchev–Trinajstić information content (AvgIpc) is 3.22. The number of aliphatic hydroxyl groups excluding tert-OH is 5. The van der Waals surface area contributed by atoms with Crippen LogP contribution in [0.5, 0.6) is 0 Å². The highest BCUT2D eigenvalue weighted by Crippen LogP contribution is 2.47. The highest BCUT2D eigenvalue weighted by atomic mass is 31.2. The molecule has 0 aliphatic heterocycles. The van der Waals surface area contributed by atoms with Gasteiger partial charge in [-0.3, -0.25) is 13.8 Å². The van der Waals surface area contributed by atoms with E-state index < -0.39 is 63.1 Å². The van der Waals surface area contributed by atoms with Crippen molar-refractivity contribution in [3.05, 3.63) is 36.5 Å². The van der Waals surface area contributed by atoms with Gasteiger partial charge in [0.25, 0.3) is 0 Å². The number of carbonyl (C=O) groups is 1. The summed E-state index contributed by atoms with van der Waals surface area (Å²) >= 11 is 0. The summed E-state index contributed by atoms with van der Waals surface area (Å²) < 4.78 is 34.2. The first-order valence-corrected chi connectivity index (χ1v) is 24.8. The van der Waals surface area contributed by atoms with Crippen molar-refractivity contribution in [2.45, 2.75) is 230 Å². The van der Waals surface area contributed by atoms with E-state index in [1.807, 2.05) is 0 Å². The van der Waals surface area contributed by atoms with E-state index in [1.165, 1.54) is 89.9 Å². The maximum absolute atomic E-state index is 12.8. The molecule has 59 heavy (non-hydrogen) atoms. The first kappa shape index (κ1) is 55.6. The van der Waals surface area contributed by atoms with E-state index in [-0.39, 0.29) is 13.0 Å². The van der Waals surface area contributed by atoms with Gasteiger partial charge in [-0.25, -0.2) is 4.57 Å². The van der Waals surface area contributed by atoms with E-state index in [2.05, 4.69) is 50.3 Å². The van der Waals surface area contributed by atoms with Crippen LogP contribution < -0.4 is 0 Å². The van der Waals surface area contributed by atoms with Gasteiger partial charge in [0.05, 0.1) is 13.2 Å². The van der Waals surface area contributed by atoms with Crippen LogP contribution in [-0.4, -0.2) is 98.9 Å². The standard InChI is InChI=1S/C46H85O12P/c1-3-5-7-9-11-13-15-17-18-19-20-21-22-23-24-26-28-30-32-34-36-55-37-39(57-40(47)35-33-31-29-27-25-16-14-12-10-8-6-4-2)38-56-59(53,54)58-46-44(51)42(49)41(48)43(50)45(46)52/h11-14,17-18,39,41-46,48-52H,3-10,15-16,19-38H2,1-2H3,(H,53,54)/b13-11-,14-12-,18-17-. The van der Waals surface area contributed by atoms with Gasteiger partial charge >= 0.3 is 13.8 Å². The molecule has 6 atom stereocenters. The molecule has 13 heteroatoms. The molecule has 12 nitrogen and oxygen atoms in total.